The summed E-state index contributed by atoms with van der Waals surface area (Å²) in [4.78, 5) is 14.6. The second-order valence-corrected chi connectivity index (χ2v) is 5.97. The third-order valence-electron chi connectivity index (χ3n) is 4.80. The van der Waals surface area contributed by atoms with Gasteiger partial charge in [-0.05, 0) is 37.5 Å². The minimum atomic E-state index is -0.195. The van der Waals surface area contributed by atoms with Crippen LogP contribution >= 0.6 is 0 Å². The first-order valence-corrected chi connectivity index (χ1v) is 7.78. The first-order chi connectivity index (χ1) is 10.7. The van der Waals surface area contributed by atoms with Gasteiger partial charge in [0.1, 0.15) is 11.9 Å². The largest absolute Gasteiger partial charge is 0.497 e. The molecule has 0 bridgehead atoms. The van der Waals surface area contributed by atoms with Crippen LogP contribution in [0.5, 0.6) is 5.75 Å². The zero-order valence-electron chi connectivity index (χ0n) is 13.2. The van der Waals surface area contributed by atoms with Crippen molar-refractivity contribution in [3.8, 4) is 5.75 Å². The summed E-state index contributed by atoms with van der Waals surface area (Å²) in [6, 6.07) is 7.28. The van der Waals surface area contributed by atoms with Gasteiger partial charge in [0, 0.05) is 32.4 Å². The Labute approximate surface area is 131 Å². The van der Waals surface area contributed by atoms with E-state index in [2.05, 4.69) is 0 Å². The molecule has 0 N–H and O–H groups in total. The quantitative estimate of drug-likeness (QED) is 0.858. The van der Waals surface area contributed by atoms with E-state index in [0.29, 0.717) is 24.4 Å². The number of methoxy groups -OCH3 is 2. The second-order valence-electron chi connectivity index (χ2n) is 5.97. The standard InChI is InChI=1S/C17H23NO4/c1-20-14-6-3-5-13(11-14)16(19)18-9-8-17(7-4-10-22-17)15(12-18)21-2/h3,5-6,11,15H,4,7-10,12H2,1-2H3/t15-,17-/m0/s1. The number of nitrogens with zero attached hydrogens (tertiary/aromatic N) is 1. The minimum Gasteiger partial charge on any atom is -0.497 e. The molecule has 0 aliphatic carbocycles. The van der Waals surface area contributed by atoms with Gasteiger partial charge in [-0.3, -0.25) is 4.79 Å². The molecule has 0 unspecified atom stereocenters. The highest BCUT2D eigenvalue weighted by Gasteiger charge is 2.47. The fraction of sp³-hybridized carbons (Fsp3) is 0.588. The molecule has 1 amide bonds. The SMILES string of the molecule is COc1cccc(C(=O)N2CC[C@@]3(CCCO3)[C@@H](OC)C2)c1. The Balaban J connectivity index is 1.74. The molecule has 22 heavy (non-hydrogen) atoms. The van der Waals surface area contributed by atoms with Crippen LogP contribution in [0, 0.1) is 0 Å². The third kappa shape index (κ3) is 2.71. The van der Waals surface area contributed by atoms with E-state index in [-0.39, 0.29) is 17.6 Å². The molecule has 5 heteroatoms. The molecule has 2 saturated heterocycles. The van der Waals surface area contributed by atoms with E-state index in [1.807, 2.05) is 23.1 Å². The second kappa shape index (κ2) is 6.26. The summed E-state index contributed by atoms with van der Waals surface area (Å²) in [5.41, 5.74) is 0.456. The van der Waals surface area contributed by atoms with Gasteiger partial charge in [-0.15, -0.1) is 0 Å². The molecule has 3 rings (SSSR count). The molecular weight excluding hydrogens is 282 g/mol. The molecule has 2 atom stereocenters. The Morgan fingerprint density at radius 1 is 1.36 bits per heavy atom. The van der Waals surface area contributed by atoms with Crippen LogP contribution in [-0.2, 0) is 9.47 Å². The maximum atomic E-state index is 12.7. The van der Waals surface area contributed by atoms with Crippen molar-refractivity contribution in [1.29, 1.82) is 0 Å². The number of ether oxygens (including phenoxy) is 3. The summed E-state index contributed by atoms with van der Waals surface area (Å²) in [6.45, 7) is 2.08. The van der Waals surface area contributed by atoms with Crippen molar-refractivity contribution in [3.63, 3.8) is 0 Å². The van der Waals surface area contributed by atoms with Gasteiger partial charge < -0.3 is 19.1 Å². The summed E-state index contributed by atoms with van der Waals surface area (Å²) in [6.07, 6.45) is 2.87. The molecule has 1 aromatic rings. The summed E-state index contributed by atoms with van der Waals surface area (Å²) in [5, 5.41) is 0. The first kappa shape index (κ1) is 15.3. The Morgan fingerprint density at radius 3 is 2.91 bits per heavy atom. The maximum Gasteiger partial charge on any atom is 0.254 e. The van der Waals surface area contributed by atoms with Crippen LogP contribution in [0.15, 0.2) is 24.3 Å². The van der Waals surface area contributed by atoms with E-state index in [1.165, 1.54) is 0 Å². The fourth-order valence-corrected chi connectivity index (χ4v) is 3.53. The van der Waals surface area contributed by atoms with E-state index >= 15 is 0 Å². The average Bonchev–Trinajstić information content (AvgIpc) is 3.04. The number of piperidine rings is 1. The number of carbonyl (C=O) groups excluding carboxylic acids is 1. The van der Waals surface area contributed by atoms with Crippen molar-refractivity contribution in [1.82, 2.24) is 4.90 Å². The molecule has 0 aromatic heterocycles. The minimum absolute atomic E-state index is 0.0220. The highest BCUT2D eigenvalue weighted by Crippen LogP contribution is 2.37. The molecular formula is C17H23NO4. The van der Waals surface area contributed by atoms with E-state index in [9.17, 15) is 4.79 Å². The molecule has 1 aromatic carbocycles. The van der Waals surface area contributed by atoms with Gasteiger partial charge in [0.05, 0.1) is 12.7 Å². The molecule has 2 heterocycles. The Bertz CT molecular complexity index is 539. The van der Waals surface area contributed by atoms with Crippen molar-refractivity contribution in [2.45, 2.75) is 31.0 Å². The number of rotatable bonds is 3. The van der Waals surface area contributed by atoms with Gasteiger partial charge >= 0.3 is 0 Å². The zero-order chi connectivity index (χ0) is 15.6. The van der Waals surface area contributed by atoms with E-state index in [4.69, 9.17) is 14.2 Å². The van der Waals surface area contributed by atoms with Crippen molar-refractivity contribution < 1.29 is 19.0 Å². The highest BCUT2D eigenvalue weighted by atomic mass is 16.5. The van der Waals surface area contributed by atoms with Crippen molar-refractivity contribution in [2.75, 3.05) is 33.9 Å². The van der Waals surface area contributed by atoms with Crippen molar-refractivity contribution in [3.05, 3.63) is 29.8 Å². The van der Waals surface area contributed by atoms with E-state index < -0.39 is 0 Å². The van der Waals surface area contributed by atoms with Crippen LogP contribution in [0.25, 0.3) is 0 Å². The average molecular weight is 305 g/mol. The molecule has 2 aliphatic heterocycles. The van der Waals surface area contributed by atoms with Crippen LogP contribution in [0.1, 0.15) is 29.6 Å². The molecule has 0 radical (unpaired) electrons. The molecule has 5 nitrogen and oxygen atoms in total. The van der Waals surface area contributed by atoms with Crippen LogP contribution in [-0.4, -0.2) is 56.4 Å². The van der Waals surface area contributed by atoms with E-state index in [0.717, 1.165) is 25.9 Å². The number of likely N-dealkylation sites (tertiary alicyclic amines) is 1. The van der Waals surface area contributed by atoms with Crippen LogP contribution < -0.4 is 4.74 Å². The van der Waals surface area contributed by atoms with Crippen molar-refractivity contribution >= 4 is 5.91 Å². The van der Waals surface area contributed by atoms with Gasteiger partial charge in [-0.1, -0.05) is 6.07 Å². The van der Waals surface area contributed by atoms with Gasteiger partial charge in [0.15, 0.2) is 0 Å². The van der Waals surface area contributed by atoms with Gasteiger partial charge in [-0.2, -0.15) is 0 Å². The molecule has 1 spiro atoms. The third-order valence-corrected chi connectivity index (χ3v) is 4.80. The lowest BCUT2D eigenvalue weighted by Gasteiger charge is -2.44. The summed E-state index contributed by atoms with van der Waals surface area (Å²) in [5.74, 6) is 0.718. The lowest BCUT2D eigenvalue weighted by atomic mass is 9.85. The Hall–Kier alpha value is -1.59. The van der Waals surface area contributed by atoms with E-state index in [1.54, 1.807) is 20.3 Å². The van der Waals surface area contributed by atoms with Crippen molar-refractivity contribution in [2.24, 2.45) is 0 Å². The summed E-state index contributed by atoms with van der Waals surface area (Å²) < 4.78 is 16.8. The molecule has 2 fully saturated rings. The van der Waals surface area contributed by atoms with Gasteiger partial charge in [0.2, 0.25) is 0 Å². The molecule has 120 valence electrons. The van der Waals surface area contributed by atoms with Crippen LogP contribution in [0.2, 0.25) is 0 Å². The smallest absolute Gasteiger partial charge is 0.254 e. The number of hydrogen-bond acceptors (Lipinski definition) is 4. The maximum absolute atomic E-state index is 12.7. The molecule has 0 saturated carbocycles. The lowest BCUT2D eigenvalue weighted by molar-refractivity contribution is -0.136. The number of carbonyl (C=O) groups is 1. The number of benzene rings is 1. The predicted molar refractivity (Wildman–Crippen MR) is 82.2 cm³/mol. The van der Waals surface area contributed by atoms with Gasteiger partial charge in [-0.25, -0.2) is 0 Å². The van der Waals surface area contributed by atoms with Gasteiger partial charge in [0.25, 0.3) is 5.91 Å². The fourth-order valence-electron chi connectivity index (χ4n) is 3.53. The number of hydrogen-bond donors (Lipinski definition) is 0. The predicted octanol–water partition coefficient (Wildman–Crippen LogP) is 2.11. The summed E-state index contributed by atoms with van der Waals surface area (Å²) in [7, 11) is 3.31. The van der Waals surface area contributed by atoms with Crippen LogP contribution in [0.3, 0.4) is 0 Å². The topological polar surface area (TPSA) is 48.0 Å². The summed E-state index contributed by atoms with van der Waals surface area (Å²) >= 11 is 0. The monoisotopic (exact) mass is 305 g/mol. The number of amides is 1. The zero-order valence-corrected chi connectivity index (χ0v) is 13.2. The highest BCUT2D eigenvalue weighted by molar-refractivity contribution is 5.94. The molecule has 2 aliphatic rings. The Morgan fingerprint density at radius 2 is 2.23 bits per heavy atom. The normalized spacial score (nSPS) is 28.1. The Kier molecular flexibility index (Phi) is 4.36. The first-order valence-electron chi connectivity index (χ1n) is 7.78. The van der Waals surface area contributed by atoms with Crippen LogP contribution in [0.4, 0.5) is 0 Å². The lowest BCUT2D eigenvalue weighted by Crippen LogP contribution is -2.57.